The zero-order valence-electron chi connectivity index (χ0n) is 16.4. The molecule has 3 rings (SSSR count). The van der Waals surface area contributed by atoms with Gasteiger partial charge in [0.25, 0.3) is 0 Å². The molecule has 0 unspecified atom stereocenters. The fourth-order valence-electron chi connectivity index (χ4n) is 2.74. The van der Waals surface area contributed by atoms with E-state index in [1.807, 2.05) is 0 Å². The summed E-state index contributed by atoms with van der Waals surface area (Å²) < 4.78 is 11.0. The average molecular weight is 437 g/mol. The number of nitro benzene ring substituents is 2. The Bertz CT molecular complexity index is 1110. The highest BCUT2D eigenvalue weighted by atomic mass is 16.6. The molecule has 0 radical (unpaired) electrons. The molecule has 2 aromatic carbocycles. The molecular weight excluding hydrogens is 422 g/mol. The number of pyridine rings is 1. The van der Waals surface area contributed by atoms with Gasteiger partial charge in [0.15, 0.2) is 11.5 Å². The zero-order valence-corrected chi connectivity index (χ0v) is 16.4. The van der Waals surface area contributed by atoms with Crippen LogP contribution in [0.15, 0.2) is 54.6 Å². The predicted molar refractivity (Wildman–Crippen MR) is 110 cm³/mol. The zero-order chi connectivity index (χ0) is 23.1. The molecule has 0 fully saturated rings. The largest absolute Gasteiger partial charge is 0.480 e. The van der Waals surface area contributed by atoms with Gasteiger partial charge in [0.1, 0.15) is 25.8 Å². The standard InChI is InChI=1S/C21H15N3O8/c25-10-14-4-6-20(18(8-14)23(27)28)31-12-16-2-1-3-17(22-16)13-32-21-7-5-15(11-26)9-19(21)24(29)30/h1-11H,12-13H2. The van der Waals surface area contributed by atoms with Gasteiger partial charge in [0, 0.05) is 23.3 Å². The van der Waals surface area contributed by atoms with Crippen LogP contribution in [-0.4, -0.2) is 27.4 Å². The molecule has 0 bridgehead atoms. The van der Waals surface area contributed by atoms with Gasteiger partial charge in [0.05, 0.1) is 21.2 Å². The molecule has 0 atom stereocenters. The van der Waals surface area contributed by atoms with Crippen LogP contribution in [0.25, 0.3) is 0 Å². The summed E-state index contributed by atoms with van der Waals surface area (Å²) in [6.07, 6.45) is 0.997. The van der Waals surface area contributed by atoms with Crippen molar-refractivity contribution >= 4 is 23.9 Å². The lowest BCUT2D eigenvalue weighted by Crippen LogP contribution is -2.05. The molecule has 0 saturated heterocycles. The molecule has 1 heterocycles. The molecule has 0 aliphatic carbocycles. The van der Waals surface area contributed by atoms with E-state index in [-0.39, 0.29) is 47.2 Å². The molecule has 0 aliphatic rings. The van der Waals surface area contributed by atoms with E-state index in [1.54, 1.807) is 18.2 Å². The van der Waals surface area contributed by atoms with Crippen LogP contribution >= 0.6 is 0 Å². The molecule has 11 heteroatoms. The number of hydrogen-bond donors (Lipinski definition) is 0. The van der Waals surface area contributed by atoms with Crippen molar-refractivity contribution in [1.82, 2.24) is 4.98 Å². The second kappa shape index (κ2) is 9.89. The summed E-state index contributed by atoms with van der Waals surface area (Å²) in [4.78, 5) is 47.1. The quantitative estimate of drug-likeness (QED) is 0.263. The van der Waals surface area contributed by atoms with Crippen LogP contribution in [-0.2, 0) is 13.2 Å². The summed E-state index contributed by atoms with van der Waals surface area (Å²) in [5.41, 5.74) is 0.477. The maximum atomic E-state index is 11.2. The lowest BCUT2D eigenvalue weighted by atomic mass is 10.2. The lowest BCUT2D eigenvalue weighted by molar-refractivity contribution is -0.386. The van der Waals surface area contributed by atoms with Crippen molar-refractivity contribution in [3.8, 4) is 11.5 Å². The molecule has 32 heavy (non-hydrogen) atoms. The van der Waals surface area contributed by atoms with Crippen molar-refractivity contribution in [1.29, 1.82) is 0 Å². The maximum absolute atomic E-state index is 11.2. The normalized spacial score (nSPS) is 10.2. The summed E-state index contributed by atoms with van der Waals surface area (Å²) in [5.74, 6) is -0.0371. The van der Waals surface area contributed by atoms with E-state index >= 15 is 0 Å². The first-order chi connectivity index (χ1) is 15.4. The number of rotatable bonds is 10. The highest BCUT2D eigenvalue weighted by Gasteiger charge is 2.18. The van der Waals surface area contributed by atoms with Gasteiger partial charge in [-0.15, -0.1) is 0 Å². The summed E-state index contributed by atoms with van der Waals surface area (Å²) in [7, 11) is 0. The number of benzene rings is 2. The third-order valence-electron chi connectivity index (χ3n) is 4.25. The minimum absolute atomic E-state index is 0.0186. The Kier molecular flexibility index (Phi) is 6.81. The van der Waals surface area contributed by atoms with Crippen LogP contribution in [0, 0.1) is 20.2 Å². The van der Waals surface area contributed by atoms with Crippen LogP contribution in [0.5, 0.6) is 11.5 Å². The number of carbonyl (C=O) groups is 2. The fourth-order valence-corrected chi connectivity index (χ4v) is 2.74. The van der Waals surface area contributed by atoms with Crippen molar-refractivity contribution in [2.75, 3.05) is 0 Å². The monoisotopic (exact) mass is 437 g/mol. The second-order valence-electron chi connectivity index (χ2n) is 6.40. The SMILES string of the molecule is O=Cc1ccc(OCc2cccc(COc3ccc(C=O)cc3[N+](=O)[O-])n2)c([N+](=O)[O-])c1. The molecule has 0 N–H and O–H groups in total. The third-order valence-corrected chi connectivity index (χ3v) is 4.25. The average Bonchev–Trinajstić information content (AvgIpc) is 2.81. The molecule has 162 valence electrons. The summed E-state index contributed by atoms with van der Waals surface area (Å²) in [6, 6.07) is 12.6. The Labute approximate surface area is 180 Å². The summed E-state index contributed by atoms with van der Waals surface area (Å²) >= 11 is 0. The highest BCUT2D eigenvalue weighted by molar-refractivity contribution is 5.77. The Balaban J connectivity index is 1.71. The molecule has 0 aliphatic heterocycles. The van der Waals surface area contributed by atoms with E-state index in [2.05, 4.69) is 4.98 Å². The highest BCUT2D eigenvalue weighted by Crippen LogP contribution is 2.29. The van der Waals surface area contributed by atoms with E-state index in [9.17, 15) is 29.8 Å². The predicted octanol–water partition coefficient (Wildman–Crippen LogP) is 3.68. The third kappa shape index (κ3) is 5.27. The van der Waals surface area contributed by atoms with Crippen LogP contribution in [0.3, 0.4) is 0 Å². The van der Waals surface area contributed by atoms with E-state index in [1.165, 1.54) is 24.3 Å². The molecular formula is C21H15N3O8. The lowest BCUT2D eigenvalue weighted by Gasteiger charge is -2.09. The van der Waals surface area contributed by atoms with Gasteiger partial charge in [-0.2, -0.15) is 0 Å². The number of aromatic nitrogens is 1. The van der Waals surface area contributed by atoms with Crippen molar-refractivity contribution in [2.45, 2.75) is 13.2 Å². The number of aldehydes is 2. The van der Waals surface area contributed by atoms with Gasteiger partial charge in [-0.25, -0.2) is 0 Å². The first-order valence-corrected chi connectivity index (χ1v) is 9.09. The van der Waals surface area contributed by atoms with Crippen molar-refractivity contribution in [3.63, 3.8) is 0 Å². The van der Waals surface area contributed by atoms with Gasteiger partial charge in [-0.05, 0) is 36.4 Å². The van der Waals surface area contributed by atoms with E-state index < -0.39 is 9.85 Å². The Morgan fingerprint density at radius 1 is 0.750 bits per heavy atom. The number of hydrogen-bond acceptors (Lipinski definition) is 9. The second-order valence-corrected chi connectivity index (χ2v) is 6.40. The van der Waals surface area contributed by atoms with Crippen LogP contribution in [0.2, 0.25) is 0 Å². The van der Waals surface area contributed by atoms with Crippen LogP contribution in [0.4, 0.5) is 11.4 Å². The van der Waals surface area contributed by atoms with Gasteiger partial charge in [-0.1, -0.05) is 6.07 Å². The molecule has 1 aromatic heterocycles. The summed E-state index contributed by atoms with van der Waals surface area (Å²) in [6.45, 7) is -0.188. The van der Waals surface area contributed by atoms with E-state index in [0.717, 1.165) is 12.1 Å². The minimum atomic E-state index is -0.650. The van der Waals surface area contributed by atoms with Crippen LogP contribution < -0.4 is 9.47 Å². The summed E-state index contributed by atoms with van der Waals surface area (Å²) in [5, 5.41) is 22.4. The molecule has 0 saturated carbocycles. The molecule has 0 amide bonds. The Hall–Kier alpha value is -4.67. The minimum Gasteiger partial charge on any atom is -0.480 e. The van der Waals surface area contributed by atoms with Crippen LogP contribution in [0.1, 0.15) is 32.1 Å². The van der Waals surface area contributed by atoms with Gasteiger partial charge < -0.3 is 9.47 Å². The van der Waals surface area contributed by atoms with Crippen molar-refractivity contribution in [2.24, 2.45) is 0 Å². The molecule has 3 aromatic rings. The smallest absolute Gasteiger partial charge is 0.311 e. The van der Waals surface area contributed by atoms with Gasteiger partial charge in [-0.3, -0.25) is 34.8 Å². The van der Waals surface area contributed by atoms with Gasteiger partial charge in [0.2, 0.25) is 0 Å². The Morgan fingerprint density at radius 3 is 1.56 bits per heavy atom. The molecule has 0 spiro atoms. The van der Waals surface area contributed by atoms with E-state index in [4.69, 9.17) is 9.47 Å². The maximum Gasteiger partial charge on any atom is 0.311 e. The van der Waals surface area contributed by atoms with Crippen molar-refractivity contribution in [3.05, 3.63) is 97.3 Å². The number of ether oxygens (including phenoxy) is 2. The first-order valence-electron chi connectivity index (χ1n) is 9.09. The topological polar surface area (TPSA) is 152 Å². The number of nitro groups is 2. The first kappa shape index (κ1) is 22.0. The Morgan fingerprint density at radius 2 is 1.19 bits per heavy atom. The van der Waals surface area contributed by atoms with E-state index in [0.29, 0.717) is 24.0 Å². The number of carbonyl (C=O) groups excluding carboxylic acids is 2. The molecule has 11 nitrogen and oxygen atoms in total. The number of nitrogens with zero attached hydrogens (tertiary/aromatic N) is 3. The van der Waals surface area contributed by atoms with Gasteiger partial charge >= 0.3 is 11.4 Å². The van der Waals surface area contributed by atoms with Crippen molar-refractivity contribution < 1.29 is 28.9 Å². The fraction of sp³-hybridized carbons (Fsp3) is 0.0952.